The Morgan fingerprint density at radius 2 is 2.14 bits per heavy atom. The summed E-state index contributed by atoms with van der Waals surface area (Å²) in [7, 11) is 0. The van der Waals surface area contributed by atoms with Crippen LogP contribution in [0.1, 0.15) is 0 Å². The molecule has 0 aliphatic heterocycles. The van der Waals surface area contributed by atoms with E-state index in [2.05, 4.69) is 0 Å². The van der Waals surface area contributed by atoms with Gasteiger partial charge in [-0.2, -0.15) is 20.1 Å². The standard InChI is InChI=1S/C7H5F4NOS/c8-5(9)7(10,11)6(13)12-4-1-2-14-3-4/h1-3,5H,(H,12,13). The van der Waals surface area contributed by atoms with Crippen molar-refractivity contribution in [2.45, 2.75) is 12.3 Å². The monoisotopic (exact) mass is 227 g/mol. The van der Waals surface area contributed by atoms with Crippen molar-refractivity contribution in [1.29, 1.82) is 0 Å². The van der Waals surface area contributed by atoms with E-state index in [0.29, 0.717) is 0 Å². The molecule has 0 aromatic carbocycles. The molecule has 0 spiro atoms. The highest BCUT2D eigenvalue weighted by Gasteiger charge is 2.48. The summed E-state index contributed by atoms with van der Waals surface area (Å²) in [6.45, 7) is 0. The molecule has 1 aromatic rings. The Morgan fingerprint density at radius 3 is 2.57 bits per heavy atom. The molecule has 0 saturated carbocycles. The highest BCUT2D eigenvalue weighted by Crippen LogP contribution is 2.25. The van der Waals surface area contributed by atoms with E-state index in [-0.39, 0.29) is 5.69 Å². The maximum absolute atomic E-state index is 12.4. The number of amides is 1. The average molecular weight is 227 g/mol. The van der Waals surface area contributed by atoms with Gasteiger partial charge in [0.2, 0.25) is 0 Å². The highest BCUT2D eigenvalue weighted by molar-refractivity contribution is 7.08. The number of carbonyl (C=O) groups excluding carboxylic acids is 1. The number of carbonyl (C=O) groups is 1. The maximum Gasteiger partial charge on any atom is 0.383 e. The summed E-state index contributed by atoms with van der Waals surface area (Å²) in [6, 6.07) is 1.34. The average Bonchev–Trinajstić information content (AvgIpc) is 2.56. The van der Waals surface area contributed by atoms with E-state index < -0.39 is 18.3 Å². The van der Waals surface area contributed by atoms with Gasteiger partial charge in [0, 0.05) is 5.38 Å². The normalized spacial score (nSPS) is 11.8. The van der Waals surface area contributed by atoms with E-state index >= 15 is 0 Å². The van der Waals surface area contributed by atoms with Gasteiger partial charge in [-0.3, -0.25) is 4.79 Å². The van der Waals surface area contributed by atoms with Gasteiger partial charge in [0.1, 0.15) is 0 Å². The minimum Gasteiger partial charge on any atom is -0.320 e. The molecule has 0 aliphatic carbocycles. The predicted molar refractivity (Wildman–Crippen MR) is 43.9 cm³/mol. The van der Waals surface area contributed by atoms with Crippen molar-refractivity contribution < 1.29 is 22.4 Å². The SMILES string of the molecule is O=C(Nc1ccsc1)C(F)(F)C(F)F. The molecule has 0 unspecified atom stereocenters. The number of halogens is 4. The summed E-state index contributed by atoms with van der Waals surface area (Å²) < 4.78 is 48.1. The molecule has 1 amide bonds. The summed E-state index contributed by atoms with van der Waals surface area (Å²) >= 11 is 1.15. The van der Waals surface area contributed by atoms with Crippen LogP contribution in [-0.2, 0) is 4.79 Å². The van der Waals surface area contributed by atoms with Crippen molar-refractivity contribution >= 4 is 22.9 Å². The molecule has 0 radical (unpaired) electrons. The van der Waals surface area contributed by atoms with E-state index in [0.717, 1.165) is 11.3 Å². The lowest BCUT2D eigenvalue weighted by Crippen LogP contribution is -2.40. The van der Waals surface area contributed by atoms with Gasteiger partial charge in [-0.15, -0.1) is 0 Å². The Balaban J connectivity index is 2.67. The van der Waals surface area contributed by atoms with Gasteiger partial charge in [-0.05, 0) is 11.4 Å². The van der Waals surface area contributed by atoms with Gasteiger partial charge in [0.15, 0.2) is 0 Å². The largest absolute Gasteiger partial charge is 0.383 e. The van der Waals surface area contributed by atoms with Crippen LogP contribution in [0.2, 0.25) is 0 Å². The van der Waals surface area contributed by atoms with Gasteiger partial charge >= 0.3 is 18.3 Å². The first-order chi connectivity index (χ1) is 6.44. The number of anilines is 1. The Hall–Kier alpha value is -1.11. The predicted octanol–water partition coefficient (Wildman–Crippen LogP) is 2.59. The summed E-state index contributed by atoms with van der Waals surface area (Å²) in [5, 5.41) is 4.57. The van der Waals surface area contributed by atoms with Crippen LogP contribution in [0.3, 0.4) is 0 Å². The number of nitrogens with one attached hydrogen (secondary N) is 1. The molecule has 0 atom stereocenters. The summed E-state index contributed by atoms with van der Waals surface area (Å²) in [5.41, 5.74) is 0.0836. The van der Waals surface area contributed by atoms with Gasteiger partial charge < -0.3 is 5.32 Å². The number of thiophene rings is 1. The second kappa shape index (κ2) is 3.95. The van der Waals surface area contributed by atoms with Crippen molar-refractivity contribution in [2.24, 2.45) is 0 Å². The molecule has 2 nitrogen and oxygen atoms in total. The first-order valence-electron chi connectivity index (χ1n) is 3.44. The molecular weight excluding hydrogens is 222 g/mol. The first-order valence-corrected chi connectivity index (χ1v) is 4.38. The molecule has 1 N–H and O–H groups in total. The molecule has 7 heteroatoms. The maximum atomic E-state index is 12.4. The Bertz CT molecular complexity index is 311. The van der Waals surface area contributed by atoms with Crippen molar-refractivity contribution in [1.82, 2.24) is 0 Å². The van der Waals surface area contributed by atoms with Crippen molar-refractivity contribution in [3.05, 3.63) is 16.8 Å². The fourth-order valence-corrected chi connectivity index (χ4v) is 1.24. The lowest BCUT2D eigenvalue weighted by atomic mass is 10.3. The molecule has 1 heterocycles. The molecule has 14 heavy (non-hydrogen) atoms. The Kier molecular flexibility index (Phi) is 3.10. The first kappa shape index (κ1) is 11.0. The van der Waals surface area contributed by atoms with Crippen molar-refractivity contribution in [3.8, 4) is 0 Å². The second-order valence-electron chi connectivity index (χ2n) is 2.39. The van der Waals surface area contributed by atoms with Gasteiger partial charge in [0.05, 0.1) is 5.69 Å². The minimum absolute atomic E-state index is 0.0836. The fourth-order valence-electron chi connectivity index (χ4n) is 0.649. The van der Waals surface area contributed by atoms with Crippen LogP contribution < -0.4 is 5.32 Å². The van der Waals surface area contributed by atoms with Gasteiger partial charge in [-0.25, -0.2) is 8.78 Å². The van der Waals surface area contributed by atoms with Crippen LogP contribution in [0.25, 0.3) is 0 Å². The molecule has 0 saturated heterocycles. The molecule has 0 bridgehead atoms. The number of rotatable bonds is 3. The topological polar surface area (TPSA) is 29.1 Å². The molecule has 78 valence electrons. The third kappa shape index (κ3) is 2.22. The van der Waals surface area contributed by atoms with E-state index in [1.165, 1.54) is 16.8 Å². The molecule has 1 aromatic heterocycles. The highest BCUT2D eigenvalue weighted by atomic mass is 32.1. The second-order valence-corrected chi connectivity index (χ2v) is 3.17. The van der Waals surface area contributed by atoms with Crippen LogP contribution in [0, 0.1) is 0 Å². The Morgan fingerprint density at radius 1 is 1.50 bits per heavy atom. The number of hydrogen-bond acceptors (Lipinski definition) is 2. The molecule has 0 aliphatic rings. The van der Waals surface area contributed by atoms with Crippen LogP contribution >= 0.6 is 11.3 Å². The third-order valence-corrected chi connectivity index (χ3v) is 2.04. The zero-order valence-electron chi connectivity index (χ0n) is 6.64. The van der Waals surface area contributed by atoms with Crippen LogP contribution in [0.5, 0.6) is 0 Å². The quantitative estimate of drug-likeness (QED) is 0.790. The zero-order valence-corrected chi connectivity index (χ0v) is 7.45. The van der Waals surface area contributed by atoms with E-state index in [9.17, 15) is 22.4 Å². The summed E-state index contributed by atoms with van der Waals surface area (Å²) in [6.07, 6.45) is -4.00. The minimum atomic E-state index is -4.65. The van der Waals surface area contributed by atoms with Crippen LogP contribution in [0.15, 0.2) is 16.8 Å². The third-order valence-electron chi connectivity index (χ3n) is 1.36. The van der Waals surface area contributed by atoms with Crippen molar-refractivity contribution in [2.75, 3.05) is 5.32 Å². The van der Waals surface area contributed by atoms with E-state index in [1.807, 2.05) is 0 Å². The van der Waals surface area contributed by atoms with Crippen LogP contribution in [-0.4, -0.2) is 18.3 Å². The number of alkyl halides is 4. The number of hydrogen-bond donors (Lipinski definition) is 1. The Labute approximate surface area is 80.5 Å². The summed E-state index contributed by atoms with van der Waals surface area (Å²) in [4.78, 5) is 10.6. The molecular formula is C7H5F4NOS. The summed E-state index contributed by atoms with van der Waals surface area (Å²) in [5.74, 6) is -6.65. The lowest BCUT2D eigenvalue weighted by molar-refractivity contribution is -0.163. The fraction of sp³-hybridized carbons (Fsp3) is 0.286. The van der Waals surface area contributed by atoms with Crippen LogP contribution in [0.4, 0.5) is 23.2 Å². The van der Waals surface area contributed by atoms with E-state index in [4.69, 9.17) is 0 Å². The van der Waals surface area contributed by atoms with Crippen molar-refractivity contribution in [3.63, 3.8) is 0 Å². The lowest BCUT2D eigenvalue weighted by Gasteiger charge is -2.13. The zero-order chi connectivity index (χ0) is 10.8. The van der Waals surface area contributed by atoms with E-state index in [1.54, 1.807) is 5.32 Å². The molecule has 0 fully saturated rings. The molecule has 1 rings (SSSR count). The van der Waals surface area contributed by atoms with Gasteiger partial charge in [0.25, 0.3) is 0 Å². The smallest absolute Gasteiger partial charge is 0.320 e. The van der Waals surface area contributed by atoms with Gasteiger partial charge in [-0.1, -0.05) is 0 Å².